The molecule has 0 spiro atoms. The van der Waals surface area contributed by atoms with E-state index in [0.29, 0.717) is 0 Å². The molecule has 1 aromatic rings. The van der Waals surface area contributed by atoms with Crippen LogP contribution in [0, 0.1) is 0 Å². The van der Waals surface area contributed by atoms with Crippen molar-refractivity contribution < 1.29 is 4.52 Å². The standard InChI is InChI=1S/C11H17NO2/c1-8(2)12-11(13)9-6-4-3-5-7-10(9)14-12/h8H,3-7H2,1-2H3. The first-order chi connectivity index (χ1) is 6.70. The van der Waals surface area contributed by atoms with Gasteiger partial charge in [0.15, 0.2) is 0 Å². The van der Waals surface area contributed by atoms with E-state index in [1.807, 2.05) is 13.8 Å². The molecule has 2 rings (SSSR count). The topological polar surface area (TPSA) is 35.1 Å². The second-order valence-electron chi connectivity index (χ2n) is 4.28. The van der Waals surface area contributed by atoms with Crippen molar-refractivity contribution in [1.82, 2.24) is 4.74 Å². The molecule has 0 bridgehead atoms. The number of hydrogen-bond acceptors (Lipinski definition) is 2. The predicted octanol–water partition coefficient (Wildman–Crippen LogP) is 2.29. The molecule has 1 aliphatic rings. The van der Waals surface area contributed by atoms with Gasteiger partial charge >= 0.3 is 0 Å². The lowest BCUT2D eigenvalue weighted by Gasteiger charge is -2.02. The van der Waals surface area contributed by atoms with E-state index in [4.69, 9.17) is 4.52 Å². The van der Waals surface area contributed by atoms with Crippen LogP contribution in [-0.4, -0.2) is 4.74 Å². The molecule has 0 radical (unpaired) electrons. The van der Waals surface area contributed by atoms with Gasteiger partial charge in [-0.05, 0) is 33.1 Å². The summed E-state index contributed by atoms with van der Waals surface area (Å²) in [6, 6.07) is 0.134. The number of hydrogen-bond donors (Lipinski definition) is 0. The van der Waals surface area contributed by atoms with Crippen LogP contribution < -0.4 is 5.56 Å². The van der Waals surface area contributed by atoms with Crippen LogP contribution in [0.3, 0.4) is 0 Å². The van der Waals surface area contributed by atoms with E-state index in [0.717, 1.165) is 37.0 Å². The summed E-state index contributed by atoms with van der Waals surface area (Å²) in [5.74, 6) is 0.932. The first-order valence-electron chi connectivity index (χ1n) is 5.43. The number of rotatable bonds is 1. The average Bonchev–Trinajstić information content (AvgIpc) is 2.37. The van der Waals surface area contributed by atoms with Gasteiger partial charge in [-0.15, -0.1) is 0 Å². The molecular formula is C11H17NO2. The second kappa shape index (κ2) is 3.64. The Morgan fingerprint density at radius 3 is 2.64 bits per heavy atom. The van der Waals surface area contributed by atoms with Gasteiger partial charge in [0.25, 0.3) is 5.56 Å². The fraction of sp³-hybridized carbons (Fsp3) is 0.727. The first kappa shape index (κ1) is 9.56. The fourth-order valence-electron chi connectivity index (χ4n) is 2.01. The molecule has 0 atom stereocenters. The second-order valence-corrected chi connectivity index (χ2v) is 4.28. The highest BCUT2D eigenvalue weighted by Gasteiger charge is 2.19. The van der Waals surface area contributed by atoms with Crippen molar-refractivity contribution in [1.29, 1.82) is 0 Å². The highest BCUT2D eigenvalue weighted by molar-refractivity contribution is 5.16. The Kier molecular flexibility index (Phi) is 2.48. The fourth-order valence-corrected chi connectivity index (χ4v) is 2.01. The third-order valence-corrected chi connectivity index (χ3v) is 2.80. The van der Waals surface area contributed by atoms with Crippen LogP contribution in [0.2, 0.25) is 0 Å². The van der Waals surface area contributed by atoms with E-state index in [-0.39, 0.29) is 11.6 Å². The molecule has 0 N–H and O–H groups in total. The Labute approximate surface area is 83.7 Å². The summed E-state index contributed by atoms with van der Waals surface area (Å²) in [5, 5.41) is 0. The van der Waals surface area contributed by atoms with E-state index >= 15 is 0 Å². The van der Waals surface area contributed by atoms with E-state index in [2.05, 4.69) is 0 Å². The number of aromatic nitrogens is 1. The van der Waals surface area contributed by atoms with Gasteiger partial charge < -0.3 is 4.52 Å². The maximum atomic E-state index is 11.9. The Bertz CT molecular complexity index is 373. The molecule has 78 valence electrons. The molecule has 1 aliphatic carbocycles. The SMILES string of the molecule is CC(C)n1oc2c(c1=O)CCCCC2. The Morgan fingerprint density at radius 2 is 1.93 bits per heavy atom. The number of fused-ring (bicyclic) bond motifs is 1. The average molecular weight is 195 g/mol. The van der Waals surface area contributed by atoms with Gasteiger partial charge in [0.05, 0.1) is 11.6 Å². The molecule has 14 heavy (non-hydrogen) atoms. The maximum absolute atomic E-state index is 11.9. The van der Waals surface area contributed by atoms with Crippen LogP contribution in [0.4, 0.5) is 0 Å². The van der Waals surface area contributed by atoms with Crippen molar-refractivity contribution in [2.75, 3.05) is 0 Å². The van der Waals surface area contributed by atoms with Crippen molar-refractivity contribution in [2.45, 2.75) is 52.0 Å². The maximum Gasteiger partial charge on any atom is 0.286 e. The summed E-state index contributed by atoms with van der Waals surface area (Å²) >= 11 is 0. The van der Waals surface area contributed by atoms with Crippen molar-refractivity contribution >= 4 is 0 Å². The molecular weight excluding hydrogens is 178 g/mol. The van der Waals surface area contributed by atoms with Crippen molar-refractivity contribution in [2.24, 2.45) is 0 Å². The molecule has 0 saturated carbocycles. The molecule has 3 nitrogen and oxygen atoms in total. The van der Waals surface area contributed by atoms with Gasteiger partial charge in [0.1, 0.15) is 5.76 Å². The molecule has 1 heterocycles. The van der Waals surface area contributed by atoms with Crippen molar-refractivity contribution in [3.8, 4) is 0 Å². The molecule has 0 amide bonds. The van der Waals surface area contributed by atoms with Crippen LogP contribution in [0.25, 0.3) is 0 Å². The third-order valence-electron chi connectivity index (χ3n) is 2.80. The minimum Gasteiger partial charge on any atom is -0.380 e. The number of nitrogens with zero attached hydrogens (tertiary/aromatic N) is 1. The summed E-state index contributed by atoms with van der Waals surface area (Å²) in [4.78, 5) is 11.9. The Morgan fingerprint density at radius 1 is 1.21 bits per heavy atom. The first-order valence-corrected chi connectivity index (χ1v) is 5.43. The zero-order chi connectivity index (χ0) is 10.1. The molecule has 0 unspecified atom stereocenters. The van der Waals surface area contributed by atoms with Crippen LogP contribution >= 0.6 is 0 Å². The normalized spacial score (nSPS) is 16.8. The van der Waals surface area contributed by atoms with Crippen LogP contribution in [0.1, 0.15) is 50.5 Å². The van der Waals surface area contributed by atoms with E-state index in [9.17, 15) is 4.79 Å². The minimum atomic E-state index is 0.0944. The molecule has 3 heteroatoms. The van der Waals surface area contributed by atoms with E-state index < -0.39 is 0 Å². The third kappa shape index (κ3) is 1.51. The van der Waals surface area contributed by atoms with Gasteiger partial charge in [-0.1, -0.05) is 6.42 Å². The summed E-state index contributed by atoms with van der Waals surface area (Å²) in [6.45, 7) is 3.95. The molecule has 0 saturated heterocycles. The Hall–Kier alpha value is -0.990. The molecule has 0 aliphatic heterocycles. The molecule has 0 aromatic carbocycles. The van der Waals surface area contributed by atoms with Gasteiger partial charge in [0.2, 0.25) is 0 Å². The van der Waals surface area contributed by atoms with Crippen LogP contribution in [0.5, 0.6) is 0 Å². The quantitative estimate of drug-likeness (QED) is 0.644. The van der Waals surface area contributed by atoms with Gasteiger partial charge in [-0.3, -0.25) is 4.79 Å². The highest BCUT2D eigenvalue weighted by atomic mass is 16.5. The summed E-state index contributed by atoms with van der Waals surface area (Å²) < 4.78 is 7.09. The summed E-state index contributed by atoms with van der Waals surface area (Å²) in [6.07, 6.45) is 5.32. The summed E-state index contributed by atoms with van der Waals surface area (Å²) in [7, 11) is 0. The lowest BCUT2D eigenvalue weighted by atomic mass is 10.1. The van der Waals surface area contributed by atoms with E-state index in [1.165, 1.54) is 11.2 Å². The molecule has 1 aromatic heterocycles. The smallest absolute Gasteiger partial charge is 0.286 e. The van der Waals surface area contributed by atoms with E-state index in [1.54, 1.807) is 0 Å². The van der Waals surface area contributed by atoms with Gasteiger partial charge in [-0.2, -0.15) is 4.74 Å². The highest BCUT2D eigenvalue weighted by Crippen LogP contribution is 2.19. The van der Waals surface area contributed by atoms with Gasteiger partial charge in [-0.25, -0.2) is 0 Å². The Balaban J connectivity index is 2.45. The zero-order valence-electron chi connectivity index (χ0n) is 8.88. The lowest BCUT2D eigenvalue weighted by Crippen LogP contribution is -2.19. The van der Waals surface area contributed by atoms with Crippen LogP contribution in [0.15, 0.2) is 9.32 Å². The zero-order valence-corrected chi connectivity index (χ0v) is 8.88. The molecule has 0 fully saturated rings. The summed E-state index contributed by atoms with van der Waals surface area (Å²) in [5.41, 5.74) is 1.02. The lowest BCUT2D eigenvalue weighted by molar-refractivity contribution is 0.214. The minimum absolute atomic E-state index is 0.0944. The monoisotopic (exact) mass is 195 g/mol. The van der Waals surface area contributed by atoms with Crippen molar-refractivity contribution in [3.05, 3.63) is 21.7 Å². The van der Waals surface area contributed by atoms with Crippen molar-refractivity contribution in [3.63, 3.8) is 0 Å². The largest absolute Gasteiger partial charge is 0.380 e. The van der Waals surface area contributed by atoms with Crippen LogP contribution in [-0.2, 0) is 12.8 Å². The predicted molar refractivity (Wildman–Crippen MR) is 54.6 cm³/mol. The number of aryl methyl sites for hydroxylation is 1. The van der Waals surface area contributed by atoms with Gasteiger partial charge in [0, 0.05) is 6.42 Å².